The summed E-state index contributed by atoms with van der Waals surface area (Å²) < 4.78 is 40.7. The van der Waals surface area contributed by atoms with E-state index in [4.69, 9.17) is 0 Å². The van der Waals surface area contributed by atoms with E-state index in [0.29, 0.717) is 22.5 Å². The Kier molecular flexibility index (Phi) is 3.15. The van der Waals surface area contributed by atoms with Crippen molar-refractivity contribution in [3.63, 3.8) is 0 Å². The van der Waals surface area contributed by atoms with Gasteiger partial charge in [0.1, 0.15) is 0 Å². The number of benzene rings is 1. The highest BCUT2D eigenvalue weighted by Gasteiger charge is 2.31. The largest absolute Gasteiger partial charge is 0.416 e. The molecule has 120 valence electrons. The van der Waals surface area contributed by atoms with Gasteiger partial charge in [-0.05, 0) is 18.2 Å². The molecule has 1 fully saturated rings. The van der Waals surface area contributed by atoms with Gasteiger partial charge in [0.2, 0.25) is 0 Å². The van der Waals surface area contributed by atoms with Crippen LogP contribution in [-0.2, 0) is 6.18 Å². The molecule has 4 rings (SSSR count). The maximum absolute atomic E-state index is 13.0. The van der Waals surface area contributed by atoms with Crippen LogP contribution >= 0.6 is 0 Å². The number of nitrogens with zero attached hydrogens (tertiary/aromatic N) is 4. The molecule has 23 heavy (non-hydrogen) atoms. The Balaban J connectivity index is 1.95. The third-order valence-electron chi connectivity index (χ3n) is 4.05. The number of hydrogen-bond acceptors (Lipinski definition) is 4. The molecule has 3 heterocycles. The van der Waals surface area contributed by atoms with Crippen molar-refractivity contribution in [3.05, 3.63) is 36.2 Å². The van der Waals surface area contributed by atoms with Crippen LogP contribution in [0.1, 0.15) is 5.56 Å². The van der Waals surface area contributed by atoms with E-state index < -0.39 is 11.7 Å². The molecule has 1 saturated heterocycles. The van der Waals surface area contributed by atoms with Gasteiger partial charge in [-0.1, -0.05) is 0 Å². The molecule has 0 aliphatic carbocycles. The van der Waals surface area contributed by atoms with Crippen LogP contribution in [0.25, 0.3) is 16.7 Å². The Bertz CT molecular complexity index is 865. The van der Waals surface area contributed by atoms with E-state index in [1.165, 1.54) is 6.07 Å². The maximum atomic E-state index is 13.0. The van der Waals surface area contributed by atoms with Crippen LogP contribution in [0, 0.1) is 0 Å². The molecule has 8 heteroatoms. The fourth-order valence-electron chi connectivity index (χ4n) is 2.91. The van der Waals surface area contributed by atoms with Gasteiger partial charge >= 0.3 is 6.18 Å². The van der Waals surface area contributed by atoms with Crippen LogP contribution in [-0.4, -0.2) is 40.5 Å². The summed E-state index contributed by atoms with van der Waals surface area (Å²) in [6, 6.07) is 3.62. The van der Waals surface area contributed by atoms with Crippen molar-refractivity contribution in [2.24, 2.45) is 0 Å². The third kappa shape index (κ3) is 2.39. The van der Waals surface area contributed by atoms with Gasteiger partial charge in [-0.25, -0.2) is 9.97 Å². The average Bonchev–Trinajstić information content (AvgIpc) is 3.03. The predicted molar refractivity (Wildman–Crippen MR) is 80.6 cm³/mol. The Morgan fingerprint density at radius 1 is 1.13 bits per heavy atom. The van der Waals surface area contributed by atoms with Gasteiger partial charge in [-0.15, -0.1) is 0 Å². The standard InChI is InChI=1S/C15H14F3N5/c16-15(17,18)10-1-2-12-11(9-10)21-14(13-20-5-8-23(12)13)22-6-3-19-4-7-22/h1-2,5,8-9,19H,3-4,6-7H2. The highest BCUT2D eigenvalue weighted by Crippen LogP contribution is 2.32. The van der Waals surface area contributed by atoms with Crippen molar-refractivity contribution in [3.8, 4) is 0 Å². The second-order valence-corrected chi connectivity index (χ2v) is 5.49. The highest BCUT2D eigenvalue weighted by atomic mass is 19.4. The lowest BCUT2D eigenvalue weighted by atomic mass is 10.2. The van der Waals surface area contributed by atoms with Crippen molar-refractivity contribution in [2.75, 3.05) is 31.1 Å². The topological polar surface area (TPSA) is 45.5 Å². The van der Waals surface area contributed by atoms with Crippen LogP contribution in [0.15, 0.2) is 30.6 Å². The molecule has 1 aliphatic rings. The summed E-state index contributed by atoms with van der Waals surface area (Å²) in [5, 5.41) is 3.25. The van der Waals surface area contributed by atoms with E-state index in [2.05, 4.69) is 20.2 Å². The van der Waals surface area contributed by atoms with Crippen molar-refractivity contribution in [2.45, 2.75) is 6.18 Å². The van der Waals surface area contributed by atoms with E-state index >= 15 is 0 Å². The first-order chi connectivity index (χ1) is 11.0. The van der Waals surface area contributed by atoms with Gasteiger partial charge < -0.3 is 10.2 Å². The lowest BCUT2D eigenvalue weighted by Gasteiger charge is -2.28. The summed E-state index contributed by atoms with van der Waals surface area (Å²) >= 11 is 0. The van der Waals surface area contributed by atoms with Gasteiger partial charge in [0.25, 0.3) is 0 Å². The van der Waals surface area contributed by atoms with Gasteiger partial charge in [-0.2, -0.15) is 13.2 Å². The van der Waals surface area contributed by atoms with Crippen molar-refractivity contribution >= 4 is 22.5 Å². The Morgan fingerprint density at radius 3 is 2.65 bits per heavy atom. The first kappa shape index (κ1) is 14.3. The number of hydrogen-bond donors (Lipinski definition) is 1. The maximum Gasteiger partial charge on any atom is 0.416 e. The summed E-state index contributed by atoms with van der Waals surface area (Å²) in [7, 11) is 0. The van der Waals surface area contributed by atoms with E-state index in [0.717, 1.165) is 38.3 Å². The van der Waals surface area contributed by atoms with E-state index in [1.807, 2.05) is 0 Å². The molecule has 0 atom stereocenters. The number of nitrogens with one attached hydrogen (secondary N) is 1. The normalized spacial score (nSPS) is 16.4. The number of imidazole rings is 1. The molecular weight excluding hydrogens is 307 g/mol. The Labute approximate surface area is 129 Å². The summed E-state index contributed by atoms with van der Waals surface area (Å²) in [6.45, 7) is 3.13. The molecule has 1 aliphatic heterocycles. The minimum atomic E-state index is -4.38. The zero-order valence-electron chi connectivity index (χ0n) is 12.1. The van der Waals surface area contributed by atoms with Crippen LogP contribution in [0.3, 0.4) is 0 Å². The van der Waals surface area contributed by atoms with Gasteiger partial charge in [0.05, 0.1) is 16.6 Å². The molecule has 1 aromatic carbocycles. The lowest BCUT2D eigenvalue weighted by molar-refractivity contribution is -0.137. The number of rotatable bonds is 1. The van der Waals surface area contributed by atoms with Crippen LogP contribution in [0.4, 0.5) is 19.0 Å². The molecule has 0 radical (unpaired) electrons. The van der Waals surface area contributed by atoms with Gasteiger partial charge in [0, 0.05) is 38.6 Å². The van der Waals surface area contributed by atoms with Gasteiger partial charge in [0.15, 0.2) is 11.5 Å². The minimum absolute atomic E-state index is 0.318. The van der Waals surface area contributed by atoms with E-state index in [-0.39, 0.29) is 0 Å². The molecule has 0 saturated carbocycles. The van der Waals surface area contributed by atoms with Crippen LogP contribution in [0.2, 0.25) is 0 Å². The quantitative estimate of drug-likeness (QED) is 0.747. The number of alkyl halides is 3. The lowest BCUT2D eigenvalue weighted by Crippen LogP contribution is -2.44. The van der Waals surface area contributed by atoms with Crippen LogP contribution < -0.4 is 10.2 Å². The van der Waals surface area contributed by atoms with E-state index in [1.54, 1.807) is 16.8 Å². The first-order valence-electron chi connectivity index (χ1n) is 7.34. The molecule has 5 nitrogen and oxygen atoms in total. The number of halogens is 3. The monoisotopic (exact) mass is 321 g/mol. The molecule has 3 aromatic rings. The fraction of sp³-hybridized carbons (Fsp3) is 0.333. The average molecular weight is 321 g/mol. The zero-order chi connectivity index (χ0) is 16.0. The molecule has 0 spiro atoms. The molecule has 2 aromatic heterocycles. The van der Waals surface area contributed by atoms with Crippen molar-refractivity contribution in [1.29, 1.82) is 0 Å². The van der Waals surface area contributed by atoms with Crippen molar-refractivity contribution in [1.82, 2.24) is 19.7 Å². The smallest absolute Gasteiger partial charge is 0.351 e. The SMILES string of the molecule is FC(F)(F)c1ccc2c(c1)nc(N1CCNCC1)c1nccn12. The molecule has 0 unspecified atom stereocenters. The summed E-state index contributed by atoms with van der Waals surface area (Å²) in [5.41, 5.74) is 0.908. The van der Waals surface area contributed by atoms with E-state index in [9.17, 15) is 13.2 Å². The number of fused-ring (bicyclic) bond motifs is 3. The second-order valence-electron chi connectivity index (χ2n) is 5.49. The molecule has 1 N–H and O–H groups in total. The number of anilines is 1. The van der Waals surface area contributed by atoms with Gasteiger partial charge in [-0.3, -0.25) is 4.40 Å². The fourth-order valence-corrected chi connectivity index (χ4v) is 2.91. The summed E-state index contributed by atoms with van der Waals surface area (Å²) in [5.74, 6) is 0.628. The zero-order valence-corrected chi connectivity index (χ0v) is 12.1. The highest BCUT2D eigenvalue weighted by molar-refractivity contribution is 5.83. The second kappa shape index (κ2) is 5.09. The number of piperazine rings is 1. The molecule has 0 bridgehead atoms. The number of aromatic nitrogens is 3. The Hall–Kier alpha value is -2.35. The third-order valence-corrected chi connectivity index (χ3v) is 4.05. The Morgan fingerprint density at radius 2 is 1.91 bits per heavy atom. The van der Waals surface area contributed by atoms with Crippen LogP contribution in [0.5, 0.6) is 0 Å². The summed E-state index contributed by atoms with van der Waals surface area (Å²) in [4.78, 5) is 10.9. The molecule has 0 amide bonds. The summed E-state index contributed by atoms with van der Waals surface area (Å²) in [6.07, 6.45) is -0.993. The molecular formula is C15H14F3N5. The minimum Gasteiger partial charge on any atom is -0.351 e. The predicted octanol–water partition coefficient (Wildman–Crippen LogP) is 2.31. The first-order valence-corrected chi connectivity index (χ1v) is 7.34. The van der Waals surface area contributed by atoms with Crippen molar-refractivity contribution < 1.29 is 13.2 Å².